The molecule has 0 bridgehead atoms. The minimum atomic E-state index is -0.895. The van der Waals surface area contributed by atoms with Gasteiger partial charge in [-0.2, -0.15) is 0 Å². The molecule has 0 rings (SSSR count). The van der Waals surface area contributed by atoms with Crippen molar-refractivity contribution < 1.29 is 19.1 Å². The Morgan fingerprint density at radius 1 is 0.850 bits per heavy atom. The Morgan fingerprint density at radius 3 is 1.30 bits per heavy atom. The monoisotopic (exact) mass is 538 g/mol. The second-order valence-corrected chi connectivity index (χ2v) is 11.7. The standard InChI is InChI=1S/C12H14Br4O4/c1-7(2)9(17)19-5-11(13,14)12(15,16)6-20-10(18)8(3)4/h1,3,5-6H2,2,4H3. The van der Waals surface area contributed by atoms with Crippen LogP contribution >= 0.6 is 63.7 Å². The summed E-state index contributed by atoms with van der Waals surface area (Å²) in [4.78, 5) is 22.8. The van der Waals surface area contributed by atoms with E-state index < -0.39 is 18.4 Å². The number of halogens is 4. The third kappa shape index (κ3) is 6.41. The summed E-state index contributed by atoms with van der Waals surface area (Å²) in [5.74, 6) is -1.02. The van der Waals surface area contributed by atoms with Crippen molar-refractivity contribution in [2.75, 3.05) is 13.2 Å². The highest BCUT2D eigenvalue weighted by Crippen LogP contribution is 2.48. The molecular weight excluding hydrogens is 528 g/mol. The molecule has 20 heavy (non-hydrogen) atoms. The van der Waals surface area contributed by atoms with Crippen LogP contribution in [0.5, 0.6) is 0 Å². The van der Waals surface area contributed by atoms with E-state index in [4.69, 9.17) is 9.47 Å². The third-order valence-electron chi connectivity index (χ3n) is 2.00. The van der Waals surface area contributed by atoms with Crippen LogP contribution in [0.1, 0.15) is 13.8 Å². The van der Waals surface area contributed by atoms with Gasteiger partial charge in [0, 0.05) is 11.1 Å². The van der Waals surface area contributed by atoms with Crippen LogP contribution in [0.25, 0.3) is 0 Å². The first-order valence-electron chi connectivity index (χ1n) is 5.31. The fraction of sp³-hybridized carbons (Fsp3) is 0.500. The van der Waals surface area contributed by atoms with Crippen LogP contribution in [-0.4, -0.2) is 31.6 Å². The van der Waals surface area contributed by atoms with Crippen LogP contribution < -0.4 is 0 Å². The lowest BCUT2D eigenvalue weighted by atomic mass is 10.3. The number of rotatable bonds is 7. The molecule has 114 valence electrons. The first-order chi connectivity index (χ1) is 8.90. The van der Waals surface area contributed by atoms with Gasteiger partial charge in [0.25, 0.3) is 0 Å². The van der Waals surface area contributed by atoms with E-state index >= 15 is 0 Å². The fourth-order valence-corrected chi connectivity index (χ4v) is 1.69. The summed E-state index contributed by atoms with van der Waals surface area (Å²) in [6.45, 7) is 10.0. The number of ether oxygens (including phenoxy) is 2. The van der Waals surface area contributed by atoms with Crippen molar-refractivity contribution >= 4 is 75.7 Å². The number of hydrogen-bond acceptors (Lipinski definition) is 4. The third-order valence-corrected chi connectivity index (χ3v) is 7.75. The number of alkyl halides is 4. The number of carbonyl (C=O) groups is 2. The molecule has 0 aliphatic rings. The molecule has 0 fully saturated rings. The minimum Gasteiger partial charge on any atom is -0.460 e. The van der Waals surface area contributed by atoms with Crippen LogP contribution in [0.4, 0.5) is 0 Å². The smallest absolute Gasteiger partial charge is 0.333 e. The second-order valence-electron chi connectivity index (χ2n) is 4.12. The molecular formula is C12H14Br4O4. The molecule has 0 unspecified atom stereocenters. The molecule has 0 aliphatic carbocycles. The van der Waals surface area contributed by atoms with Gasteiger partial charge in [-0.05, 0) is 13.8 Å². The zero-order chi connectivity index (χ0) is 16.1. The van der Waals surface area contributed by atoms with Gasteiger partial charge in [0.1, 0.15) is 19.7 Å². The van der Waals surface area contributed by atoms with E-state index in [1.54, 1.807) is 13.8 Å². The Balaban J connectivity index is 4.63. The van der Waals surface area contributed by atoms with Crippen LogP contribution in [0, 0.1) is 0 Å². The van der Waals surface area contributed by atoms with Crippen molar-refractivity contribution in [3.05, 3.63) is 24.3 Å². The molecule has 0 aromatic rings. The van der Waals surface area contributed by atoms with Crippen molar-refractivity contribution in [2.24, 2.45) is 0 Å². The lowest BCUT2D eigenvalue weighted by Gasteiger charge is -2.33. The van der Waals surface area contributed by atoms with E-state index in [2.05, 4.69) is 76.9 Å². The van der Waals surface area contributed by atoms with Crippen molar-refractivity contribution in [3.8, 4) is 0 Å². The normalized spacial score (nSPS) is 11.7. The Labute approximate surface area is 151 Å². The summed E-state index contributed by atoms with van der Waals surface area (Å²) in [7, 11) is 0. The molecule has 0 aromatic carbocycles. The molecule has 0 atom stereocenters. The largest absolute Gasteiger partial charge is 0.460 e. The maximum absolute atomic E-state index is 11.4. The Hall–Kier alpha value is 0.340. The Kier molecular flexibility index (Phi) is 8.24. The molecule has 8 heteroatoms. The zero-order valence-corrected chi connectivity index (χ0v) is 17.3. The molecule has 0 aliphatic heterocycles. The van der Waals surface area contributed by atoms with Crippen molar-refractivity contribution in [2.45, 2.75) is 20.3 Å². The van der Waals surface area contributed by atoms with Crippen molar-refractivity contribution in [1.82, 2.24) is 0 Å². The number of carbonyl (C=O) groups excluding carboxylic acids is 2. The van der Waals surface area contributed by atoms with Crippen LogP contribution in [0.3, 0.4) is 0 Å². The summed E-state index contributed by atoms with van der Waals surface area (Å²) < 4.78 is 8.33. The molecule has 0 saturated carbocycles. The number of hydrogen-bond donors (Lipinski definition) is 0. The van der Waals surface area contributed by atoms with Gasteiger partial charge in [0.05, 0.1) is 0 Å². The lowest BCUT2D eigenvalue weighted by Crippen LogP contribution is -2.43. The van der Waals surface area contributed by atoms with Crippen molar-refractivity contribution in [1.29, 1.82) is 0 Å². The predicted octanol–water partition coefficient (Wildman–Crippen LogP) is 4.20. The topological polar surface area (TPSA) is 52.6 Å². The molecule has 0 aromatic heterocycles. The van der Waals surface area contributed by atoms with Gasteiger partial charge in [-0.15, -0.1) is 0 Å². The van der Waals surface area contributed by atoms with Gasteiger partial charge in [-0.25, -0.2) is 9.59 Å². The summed E-state index contributed by atoms with van der Waals surface area (Å²) in [6.07, 6.45) is 0. The molecule has 0 spiro atoms. The lowest BCUT2D eigenvalue weighted by molar-refractivity contribution is -0.141. The van der Waals surface area contributed by atoms with Gasteiger partial charge in [0.15, 0.2) is 0 Å². The molecule has 0 N–H and O–H groups in total. The molecule has 0 heterocycles. The Bertz CT molecular complexity index is 389. The van der Waals surface area contributed by atoms with E-state index in [1.807, 2.05) is 0 Å². The van der Waals surface area contributed by atoms with Crippen LogP contribution in [-0.2, 0) is 19.1 Å². The summed E-state index contributed by atoms with van der Waals surface area (Å²) in [5.41, 5.74) is 0.591. The highest BCUT2D eigenvalue weighted by molar-refractivity contribution is 9.30. The minimum absolute atomic E-state index is 0.0280. The number of esters is 2. The molecule has 0 radical (unpaired) electrons. The van der Waals surface area contributed by atoms with E-state index in [-0.39, 0.29) is 13.2 Å². The SMILES string of the molecule is C=C(C)C(=O)OCC(Br)(Br)C(Br)(Br)COC(=O)C(=C)C. The quantitative estimate of drug-likeness (QED) is 0.275. The highest BCUT2D eigenvalue weighted by Gasteiger charge is 2.47. The summed E-state index contributed by atoms with van der Waals surface area (Å²) in [5, 5.41) is 0. The fourth-order valence-electron chi connectivity index (χ4n) is 0.770. The van der Waals surface area contributed by atoms with Crippen LogP contribution in [0.2, 0.25) is 0 Å². The maximum Gasteiger partial charge on any atom is 0.333 e. The van der Waals surface area contributed by atoms with Gasteiger partial charge in [-0.1, -0.05) is 76.9 Å². The maximum atomic E-state index is 11.4. The van der Waals surface area contributed by atoms with Gasteiger partial charge in [-0.3, -0.25) is 0 Å². The average Bonchev–Trinajstić information content (AvgIpc) is 2.32. The van der Waals surface area contributed by atoms with Crippen molar-refractivity contribution in [3.63, 3.8) is 0 Å². The predicted molar refractivity (Wildman–Crippen MR) is 92.7 cm³/mol. The second kappa shape index (κ2) is 8.10. The van der Waals surface area contributed by atoms with Crippen LogP contribution in [0.15, 0.2) is 24.3 Å². The zero-order valence-electron chi connectivity index (χ0n) is 11.0. The average molecular weight is 542 g/mol. The first-order valence-corrected chi connectivity index (χ1v) is 8.49. The summed E-state index contributed by atoms with van der Waals surface area (Å²) in [6, 6.07) is 0. The van der Waals surface area contributed by atoms with E-state index in [0.29, 0.717) is 11.1 Å². The Morgan fingerprint density at radius 2 is 1.10 bits per heavy atom. The van der Waals surface area contributed by atoms with Gasteiger partial charge >= 0.3 is 11.9 Å². The van der Waals surface area contributed by atoms with Gasteiger partial charge < -0.3 is 9.47 Å². The van der Waals surface area contributed by atoms with E-state index in [1.165, 1.54) is 0 Å². The molecule has 0 saturated heterocycles. The van der Waals surface area contributed by atoms with Gasteiger partial charge in [0.2, 0.25) is 0 Å². The highest BCUT2D eigenvalue weighted by atomic mass is 79.9. The van der Waals surface area contributed by atoms with E-state index in [9.17, 15) is 9.59 Å². The molecule has 0 amide bonds. The van der Waals surface area contributed by atoms with E-state index in [0.717, 1.165) is 0 Å². The molecule has 4 nitrogen and oxygen atoms in total. The summed E-state index contributed by atoms with van der Waals surface area (Å²) >= 11 is 13.5. The first kappa shape index (κ1) is 20.3.